The van der Waals surface area contributed by atoms with E-state index < -0.39 is 0 Å². The van der Waals surface area contributed by atoms with Crippen molar-refractivity contribution in [2.75, 3.05) is 19.7 Å². The molecular formula is C19H20N2O2. The Hall–Kier alpha value is -2.59. The molecule has 0 unspecified atom stereocenters. The summed E-state index contributed by atoms with van der Waals surface area (Å²) in [7, 11) is 0. The van der Waals surface area contributed by atoms with Gasteiger partial charge in [-0.25, -0.2) is 0 Å². The zero-order chi connectivity index (χ0) is 16.1. The first kappa shape index (κ1) is 15.3. The molecule has 0 aliphatic carbocycles. The number of aliphatic hydroxyl groups excluding tert-OH is 1. The summed E-state index contributed by atoms with van der Waals surface area (Å²) in [5.74, 6) is -0.0496. The number of carbonyl (C=O) groups is 1. The Morgan fingerprint density at radius 2 is 1.87 bits per heavy atom. The minimum Gasteiger partial charge on any atom is -0.395 e. The fourth-order valence-electron chi connectivity index (χ4n) is 2.71. The number of nitrogens with one attached hydrogen (secondary N) is 1. The number of nitrogens with zero attached hydrogens (tertiary/aromatic N) is 1. The van der Waals surface area contributed by atoms with Crippen LogP contribution in [0.1, 0.15) is 15.9 Å². The molecule has 2 N–H and O–H groups in total. The van der Waals surface area contributed by atoms with Crippen molar-refractivity contribution in [2.24, 2.45) is 0 Å². The van der Waals surface area contributed by atoms with Gasteiger partial charge in [-0.15, -0.1) is 0 Å². The van der Waals surface area contributed by atoms with Crippen molar-refractivity contribution in [1.29, 1.82) is 0 Å². The Morgan fingerprint density at radius 3 is 2.65 bits per heavy atom. The average Bonchev–Trinajstić information content (AvgIpc) is 3.06. The number of carbonyl (C=O) groups excluding carboxylic acids is 1. The number of H-pyrrole nitrogens is 1. The predicted octanol–water partition coefficient (Wildman–Crippen LogP) is 2.85. The number of hydrogen-bond donors (Lipinski definition) is 2. The van der Waals surface area contributed by atoms with Crippen LogP contribution in [-0.2, 0) is 6.42 Å². The zero-order valence-corrected chi connectivity index (χ0v) is 12.9. The summed E-state index contributed by atoms with van der Waals surface area (Å²) < 4.78 is 0. The fourth-order valence-corrected chi connectivity index (χ4v) is 2.71. The molecule has 3 aromatic rings. The number of aliphatic hydroxyl groups is 1. The van der Waals surface area contributed by atoms with Gasteiger partial charge in [0.15, 0.2) is 0 Å². The Balaban J connectivity index is 1.74. The summed E-state index contributed by atoms with van der Waals surface area (Å²) in [6.45, 7) is 0.895. The molecule has 118 valence electrons. The maximum absolute atomic E-state index is 12.7. The zero-order valence-electron chi connectivity index (χ0n) is 12.9. The lowest BCUT2D eigenvalue weighted by Gasteiger charge is -2.22. The molecule has 1 aromatic heterocycles. The lowest BCUT2D eigenvalue weighted by Crippen LogP contribution is -2.35. The van der Waals surface area contributed by atoms with Crippen LogP contribution in [0.2, 0.25) is 0 Å². The van der Waals surface area contributed by atoms with Crippen LogP contribution in [0.15, 0.2) is 60.8 Å². The lowest BCUT2D eigenvalue weighted by atomic mass is 10.1. The van der Waals surface area contributed by atoms with Gasteiger partial charge in [0.1, 0.15) is 0 Å². The van der Waals surface area contributed by atoms with E-state index in [1.54, 1.807) is 4.90 Å². The highest BCUT2D eigenvalue weighted by molar-refractivity contribution is 5.97. The van der Waals surface area contributed by atoms with Crippen LogP contribution in [0.5, 0.6) is 0 Å². The molecule has 3 rings (SSSR count). The number of rotatable bonds is 6. The molecule has 0 saturated carbocycles. The van der Waals surface area contributed by atoms with Crippen LogP contribution < -0.4 is 0 Å². The van der Waals surface area contributed by atoms with Crippen molar-refractivity contribution in [3.05, 3.63) is 71.9 Å². The molecular weight excluding hydrogens is 288 g/mol. The summed E-state index contributed by atoms with van der Waals surface area (Å²) in [5.41, 5.74) is 2.77. The van der Waals surface area contributed by atoms with Gasteiger partial charge < -0.3 is 15.0 Å². The van der Waals surface area contributed by atoms with E-state index in [4.69, 9.17) is 0 Å². The topological polar surface area (TPSA) is 56.3 Å². The molecule has 0 aliphatic rings. The molecule has 0 bridgehead atoms. The number of hydrogen-bond acceptors (Lipinski definition) is 2. The second kappa shape index (κ2) is 7.11. The summed E-state index contributed by atoms with van der Waals surface area (Å²) in [5, 5.41) is 10.4. The van der Waals surface area contributed by atoms with E-state index in [2.05, 4.69) is 4.98 Å². The third-order valence-corrected chi connectivity index (χ3v) is 3.97. The quantitative estimate of drug-likeness (QED) is 0.735. The second-order valence-corrected chi connectivity index (χ2v) is 5.53. The molecule has 2 aromatic carbocycles. The predicted molar refractivity (Wildman–Crippen MR) is 91.4 cm³/mol. The van der Waals surface area contributed by atoms with Gasteiger partial charge >= 0.3 is 0 Å². The van der Waals surface area contributed by atoms with Crippen LogP contribution >= 0.6 is 0 Å². The summed E-state index contributed by atoms with van der Waals surface area (Å²) >= 11 is 0. The van der Waals surface area contributed by atoms with Gasteiger partial charge in [-0.1, -0.05) is 36.4 Å². The average molecular weight is 308 g/mol. The van der Waals surface area contributed by atoms with Crippen LogP contribution in [-0.4, -0.2) is 40.6 Å². The van der Waals surface area contributed by atoms with Gasteiger partial charge in [0.2, 0.25) is 0 Å². The van der Waals surface area contributed by atoms with Gasteiger partial charge in [-0.3, -0.25) is 4.79 Å². The van der Waals surface area contributed by atoms with Gasteiger partial charge in [0.25, 0.3) is 5.91 Å². The van der Waals surface area contributed by atoms with Crippen LogP contribution in [0.25, 0.3) is 10.9 Å². The number of amides is 1. The molecule has 0 spiro atoms. The largest absolute Gasteiger partial charge is 0.395 e. The SMILES string of the molecule is O=C(c1ccc2cc[nH]c2c1)N(CCO)CCc1ccccc1. The van der Waals surface area contributed by atoms with E-state index in [1.165, 1.54) is 5.56 Å². The minimum absolute atomic E-state index is 0.0364. The van der Waals surface area contributed by atoms with E-state index in [-0.39, 0.29) is 12.5 Å². The number of benzene rings is 2. The Kier molecular flexibility index (Phi) is 4.74. The van der Waals surface area contributed by atoms with Crippen LogP contribution in [0, 0.1) is 0 Å². The maximum Gasteiger partial charge on any atom is 0.254 e. The van der Waals surface area contributed by atoms with Gasteiger partial charge in [-0.2, -0.15) is 0 Å². The van der Waals surface area contributed by atoms with Crippen molar-refractivity contribution in [2.45, 2.75) is 6.42 Å². The van der Waals surface area contributed by atoms with Gasteiger partial charge in [-0.05, 0) is 35.6 Å². The van der Waals surface area contributed by atoms with Crippen LogP contribution in [0.3, 0.4) is 0 Å². The molecule has 4 heteroatoms. The van der Waals surface area contributed by atoms with Crippen molar-refractivity contribution in [3.63, 3.8) is 0 Å². The van der Waals surface area contributed by atoms with E-state index in [1.807, 2.05) is 60.8 Å². The molecule has 4 nitrogen and oxygen atoms in total. The third kappa shape index (κ3) is 3.60. The standard InChI is InChI=1S/C19H20N2O2/c22-13-12-21(11-9-15-4-2-1-3-5-15)19(23)17-7-6-16-8-10-20-18(16)14-17/h1-8,10,14,20,22H,9,11-13H2. The maximum atomic E-state index is 12.7. The molecule has 0 atom stereocenters. The van der Waals surface area contributed by atoms with Crippen molar-refractivity contribution >= 4 is 16.8 Å². The van der Waals surface area contributed by atoms with E-state index in [0.29, 0.717) is 18.7 Å². The van der Waals surface area contributed by atoms with Gasteiger partial charge in [0.05, 0.1) is 6.61 Å². The fraction of sp³-hybridized carbons (Fsp3) is 0.211. The van der Waals surface area contributed by atoms with Crippen molar-refractivity contribution in [1.82, 2.24) is 9.88 Å². The van der Waals surface area contributed by atoms with E-state index >= 15 is 0 Å². The highest BCUT2D eigenvalue weighted by atomic mass is 16.3. The van der Waals surface area contributed by atoms with Gasteiger partial charge in [0, 0.05) is 30.4 Å². The normalized spacial score (nSPS) is 10.8. The highest BCUT2D eigenvalue weighted by Gasteiger charge is 2.15. The first-order chi connectivity index (χ1) is 11.3. The Morgan fingerprint density at radius 1 is 1.04 bits per heavy atom. The summed E-state index contributed by atoms with van der Waals surface area (Å²) in [4.78, 5) is 17.6. The molecule has 1 heterocycles. The third-order valence-electron chi connectivity index (χ3n) is 3.97. The first-order valence-corrected chi connectivity index (χ1v) is 7.79. The minimum atomic E-state index is -0.0496. The molecule has 0 saturated heterocycles. The highest BCUT2D eigenvalue weighted by Crippen LogP contribution is 2.16. The summed E-state index contributed by atoms with van der Waals surface area (Å²) in [6, 6.07) is 17.7. The molecule has 0 fully saturated rings. The Labute approximate surface area is 135 Å². The summed E-state index contributed by atoms with van der Waals surface area (Å²) in [6.07, 6.45) is 2.64. The van der Waals surface area contributed by atoms with Crippen molar-refractivity contribution < 1.29 is 9.90 Å². The number of aromatic nitrogens is 1. The molecule has 0 aliphatic heterocycles. The first-order valence-electron chi connectivity index (χ1n) is 7.79. The Bertz CT molecular complexity index is 780. The lowest BCUT2D eigenvalue weighted by molar-refractivity contribution is 0.0724. The molecule has 1 amide bonds. The number of fused-ring (bicyclic) bond motifs is 1. The van der Waals surface area contributed by atoms with E-state index in [0.717, 1.165) is 17.3 Å². The molecule has 0 radical (unpaired) electrons. The van der Waals surface area contributed by atoms with E-state index in [9.17, 15) is 9.90 Å². The number of aromatic amines is 1. The van der Waals surface area contributed by atoms with Crippen LogP contribution in [0.4, 0.5) is 0 Å². The molecule has 23 heavy (non-hydrogen) atoms. The smallest absolute Gasteiger partial charge is 0.254 e. The van der Waals surface area contributed by atoms with Crippen molar-refractivity contribution in [3.8, 4) is 0 Å². The monoisotopic (exact) mass is 308 g/mol. The second-order valence-electron chi connectivity index (χ2n) is 5.53.